The third-order valence-electron chi connectivity index (χ3n) is 4.96. The minimum atomic E-state index is -0.310. The summed E-state index contributed by atoms with van der Waals surface area (Å²) >= 11 is 2.96. The van der Waals surface area contributed by atoms with Gasteiger partial charge >= 0.3 is 11.9 Å². The number of esters is 2. The van der Waals surface area contributed by atoms with Crippen LogP contribution < -0.4 is 0 Å². The summed E-state index contributed by atoms with van der Waals surface area (Å²) < 4.78 is 10.9. The lowest BCUT2D eigenvalue weighted by Gasteiger charge is -2.06. The van der Waals surface area contributed by atoms with Gasteiger partial charge in [0.25, 0.3) is 0 Å². The highest BCUT2D eigenvalue weighted by Crippen LogP contribution is 2.26. The number of carbonyl (C=O) groups excluding carboxylic acids is 2. The molecule has 0 unspecified atom stereocenters. The van der Waals surface area contributed by atoms with Gasteiger partial charge in [0.05, 0.1) is 24.2 Å². The van der Waals surface area contributed by atoms with E-state index < -0.39 is 0 Å². The van der Waals surface area contributed by atoms with Crippen molar-refractivity contribution < 1.29 is 19.1 Å². The number of carbonyl (C=O) groups is 2. The number of benzene rings is 2. The Morgan fingerprint density at radius 2 is 1.03 bits per heavy atom. The maximum atomic E-state index is 12.3. The Hall–Kier alpha value is -3.36. The number of hydrogen-bond acceptors (Lipinski definition) is 8. The molecule has 0 saturated carbocycles. The zero-order valence-electron chi connectivity index (χ0n) is 16.9. The molecule has 6 nitrogen and oxygen atoms in total. The van der Waals surface area contributed by atoms with Crippen LogP contribution in [0.3, 0.4) is 0 Å². The van der Waals surface area contributed by atoms with Crippen molar-refractivity contribution in [1.29, 1.82) is 0 Å². The summed E-state index contributed by atoms with van der Waals surface area (Å²) in [6.07, 6.45) is 0.259. The van der Waals surface area contributed by atoms with E-state index >= 15 is 0 Å². The van der Waals surface area contributed by atoms with E-state index in [1.54, 1.807) is 0 Å². The van der Waals surface area contributed by atoms with Crippen LogP contribution in [0.25, 0.3) is 21.1 Å². The van der Waals surface area contributed by atoms with Crippen LogP contribution in [0.1, 0.15) is 22.5 Å². The third kappa shape index (κ3) is 4.76. The Labute approximate surface area is 192 Å². The molecule has 160 valence electrons. The van der Waals surface area contributed by atoms with Crippen LogP contribution in [0.15, 0.2) is 59.3 Å². The molecule has 8 bridgehead atoms. The smallest absolute Gasteiger partial charge is 0.312 e. The average molecular weight is 463 g/mol. The van der Waals surface area contributed by atoms with Crippen LogP contribution in [0.2, 0.25) is 0 Å². The molecule has 8 rings (SSSR count). The highest BCUT2D eigenvalue weighted by molar-refractivity contribution is 7.13. The Morgan fingerprint density at radius 1 is 0.625 bits per heavy atom. The van der Waals surface area contributed by atoms with Gasteiger partial charge in [0, 0.05) is 21.9 Å². The second kappa shape index (κ2) is 9.02. The number of thiazole rings is 2. The van der Waals surface area contributed by atoms with Crippen LogP contribution in [0, 0.1) is 0 Å². The predicted octanol–water partition coefficient (Wildman–Crippen LogP) is 4.82. The molecule has 0 N–H and O–H groups in total. The number of rotatable bonds is 0. The van der Waals surface area contributed by atoms with Gasteiger partial charge in [-0.2, -0.15) is 0 Å². The molecule has 6 heterocycles. The molecular formula is C24H18N2O4S2. The lowest BCUT2D eigenvalue weighted by molar-refractivity contribution is -0.145. The molecule has 0 aliphatic carbocycles. The van der Waals surface area contributed by atoms with Crippen molar-refractivity contribution in [3.05, 3.63) is 81.8 Å². The summed E-state index contributed by atoms with van der Waals surface area (Å²) in [4.78, 5) is 33.6. The molecule has 0 radical (unpaired) electrons. The average Bonchev–Trinajstić information content (AvgIpc) is 3.46. The second-order valence-electron chi connectivity index (χ2n) is 7.36. The van der Waals surface area contributed by atoms with E-state index in [-0.39, 0.29) is 38.0 Å². The fraction of sp³-hybridized carbons (Fsp3) is 0.167. The van der Waals surface area contributed by atoms with Crippen molar-refractivity contribution in [3.8, 4) is 21.1 Å². The number of ether oxygens (including phenoxy) is 2. The van der Waals surface area contributed by atoms with Crippen molar-refractivity contribution in [2.24, 2.45) is 0 Å². The molecule has 0 fully saturated rings. The fourth-order valence-corrected chi connectivity index (χ4v) is 4.91. The first-order chi connectivity index (χ1) is 15.6. The standard InChI is InChI=1S/C24H18N2O4S2/c27-21-9-20-14-32-24(26-20)18-7-3-16(4-8-18)12-30-22(28)10-19-13-31-23(25-19)17-5-1-15(2-6-17)11-29-21/h1-8,13-14H,9-12H2. The predicted molar refractivity (Wildman–Crippen MR) is 122 cm³/mol. The Morgan fingerprint density at radius 3 is 1.44 bits per heavy atom. The van der Waals surface area contributed by atoms with Crippen LogP contribution in [0.4, 0.5) is 0 Å². The normalized spacial score (nSPS) is 14.4. The fourth-order valence-electron chi connectivity index (χ4n) is 3.25. The molecule has 0 atom stereocenters. The van der Waals surface area contributed by atoms with Crippen LogP contribution in [0.5, 0.6) is 0 Å². The quantitative estimate of drug-likeness (QED) is 0.349. The summed E-state index contributed by atoms with van der Waals surface area (Å²) in [7, 11) is 0. The van der Waals surface area contributed by atoms with E-state index in [0.29, 0.717) is 11.4 Å². The Bertz CT molecular complexity index is 1160. The maximum Gasteiger partial charge on any atom is 0.312 e. The largest absolute Gasteiger partial charge is 0.461 e. The van der Waals surface area contributed by atoms with Crippen LogP contribution >= 0.6 is 22.7 Å². The minimum Gasteiger partial charge on any atom is -0.461 e. The van der Waals surface area contributed by atoms with Crippen molar-refractivity contribution in [3.63, 3.8) is 0 Å². The second-order valence-corrected chi connectivity index (χ2v) is 9.07. The van der Waals surface area contributed by atoms with Crippen LogP contribution in [-0.4, -0.2) is 21.9 Å². The zero-order valence-corrected chi connectivity index (χ0v) is 18.6. The van der Waals surface area contributed by atoms with E-state index in [0.717, 1.165) is 32.3 Å². The molecule has 2 aromatic heterocycles. The van der Waals surface area contributed by atoms with E-state index in [4.69, 9.17) is 9.47 Å². The van der Waals surface area contributed by atoms with Gasteiger partial charge in [0.2, 0.25) is 0 Å². The molecule has 0 amide bonds. The molecule has 4 aromatic rings. The van der Waals surface area contributed by atoms with Gasteiger partial charge in [0.15, 0.2) is 0 Å². The highest BCUT2D eigenvalue weighted by atomic mass is 32.1. The Balaban J connectivity index is 1.40. The summed E-state index contributed by atoms with van der Waals surface area (Å²) in [5.41, 5.74) is 5.05. The topological polar surface area (TPSA) is 78.4 Å². The lowest BCUT2D eigenvalue weighted by atomic mass is 10.1. The van der Waals surface area contributed by atoms with Gasteiger partial charge in [-0.25, -0.2) is 9.97 Å². The lowest BCUT2D eigenvalue weighted by Crippen LogP contribution is -2.08. The highest BCUT2D eigenvalue weighted by Gasteiger charge is 2.13. The minimum absolute atomic E-state index is 0.129. The van der Waals surface area contributed by atoms with Gasteiger partial charge in [-0.05, 0) is 11.1 Å². The maximum absolute atomic E-state index is 12.3. The van der Waals surface area contributed by atoms with Crippen molar-refractivity contribution in [1.82, 2.24) is 9.97 Å². The summed E-state index contributed by atoms with van der Waals surface area (Å²) in [6.45, 7) is 0.402. The summed E-state index contributed by atoms with van der Waals surface area (Å²) in [5, 5.41) is 5.40. The van der Waals surface area contributed by atoms with Gasteiger partial charge in [-0.3, -0.25) is 9.59 Å². The summed E-state index contributed by atoms with van der Waals surface area (Å²) in [5.74, 6) is -0.621. The van der Waals surface area contributed by atoms with Gasteiger partial charge < -0.3 is 9.47 Å². The van der Waals surface area contributed by atoms with E-state index in [9.17, 15) is 9.59 Å². The van der Waals surface area contributed by atoms with E-state index in [1.807, 2.05) is 59.3 Å². The molecule has 32 heavy (non-hydrogen) atoms. The molecule has 2 aromatic carbocycles. The SMILES string of the molecule is O=C1Cc2csc(n2)-c2ccc(cc2)COC(=O)Cc2csc(n2)-c2ccc(cc2)CO1. The van der Waals surface area contributed by atoms with Crippen molar-refractivity contribution >= 4 is 34.6 Å². The Kier molecular flexibility index (Phi) is 5.79. The first-order valence-electron chi connectivity index (χ1n) is 10.0. The number of nitrogens with zero attached hydrogens (tertiary/aromatic N) is 2. The van der Waals surface area contributed by atoms with Crippen LogP contribution in [-0.2, 0) is 45.1 Å². The number of hydrogen-bond donors (Lipinski definition) is 0. The molecule has 4 aliphatic heterocycles. The van der Waals surface area contributed by atoms with Gasteiger partial charge in [0.1, 0.15) is 23.2 Å². The van der Waals surface area contributed by atoms with E-state index in [2.05, 4.69) is 9.97 Å². The van der Waals surface area contributed by atoms with Crippen molar-refractivity contribution in [2.75, 3.05) is 0 Å². The first kappa shape index (κ1) is 20.5. The first-order valence-corrected chi connectivity index (χ1v) is 11.8. The molecule has 4 aliphatic rings. The third-order valence-corrected chi connectivity index (χ3v) is 6.84. The van der Waals surface area contributed by atoms with Gasteiger partial charge in [-0.1, -0.05) is 48.5 Å². The molecular weight excluding hydrogens is 444 g/mol. The molecule has 8 heteroatoms. The van der Waals surface area contributed by atoms with Crippen molar-refractivity contribution in [2.45, 2.75) is 26.1 Å². The zero-order chi connectivity index (χ0) is 21.9. The van der Waals surface area contributed by atoms with Gasteiger partial charge in [-0.15, -0.1) is 22.7 Å². The molecule has 0 saturated heterocycles. The van der Waals surface area contributed by atoms with E-state index in [1.165, 1.54) is 22.7 Å². The summed E-state index contributed by atoms with van der Waals surface area (Å²) in [6, 6.07) is 15.4. The molecule has 0 spiro atoms. The monoisotopic (exact) mass is 462 g/mol. The number of aromatic nitrogens is 2.